The predicted octanol–water partition coefficient (Wildman–Crippen LogP) is 3.21. The fourth-order valence-electron chi connectivity index (χ4n) is 4.23. The highest BCUT2D eigenvalue weighted by Gasteiger charge is 2.38. The van der Waals surface area contributed by atoms with Crippen molar-refractivity contribution in [1.82, 2.24) is 14.9 Å². The molecule has 1 fully saturated rings. The summed E-state index contributed by atoms with van der Waals surface area (Å²) in [6.07, 6.45) is -1.90. The molecule has 6 nitrogen and oxygen atoms in total. The van der Waals surface area contributed by atoms with Gasteiger partial charge in [-0.05, 0) is 50.1 Å². The molecule has 3 aromatic rings. The topological polar surface area (TPSA) is 84.2 Å². The third-order valence-corrected chi connectivity index (χ3v) is 6.70. The molecule has 0 unspecified atom stereocenters. The maximum Gasteiger partial charge on any atom is 0.417 e. The van der Waals surface area contributed by atoms with E-state index >= 15 is 0 Å². The Morgan fingerprint density at radius 3 is 2.63 bits per heavy atom. The number of pyridine rings is 1. The molecule has 0 bridgehead atoms. The largest absolute Gasteiger partial charge is 0.417 e. The first-order valence-corrected chi connectivity index (χ1v) is 11.5. The highest BCUT2D eigenvalue weighted by molar-refractivity contribution is 7.90. The van der Waals surface area contributed by atoms with Gasteiger partial charge in [-0.15, -0.1) is 0 Å². The van der Waals surface area contributed by atoms with Crippen molar-refractivity contribution < 1.29 is 26.7 Å². The van der Waals surface area contributed by atoms with E-state index in [1.807, 2.05) is 0 Å². The first-order valence-electron chi connectivity index (χ1n) is 9.59. The molecule has 1 aliphatic rings. The molecule has 30 heavy (non-hydrogen) atoms. The Labute approximate surface area is 171 Å². The van der Waals surface area contributed by atoms with Crippen LogP contribution in [0.5, 0.6) is 0 Å². The van der Waals surface area contributed by atoms with Gasteiger partial charge in [0.2, 0.25) is 0 Å². The van der Waals surface area contributed by atoms with Crippen LogP contribution in [-0.2, 0) is 16.0 Å². The zero-order valence-corrected chi connectivity index (χ0v) is 17.3. The number of nitrogens with one attached hydrogen (secondary N) is 1. The van der Waals surface area contributed by atoms with Gasteiger partial charge < -0.3 is 15.0 Å². The van der Waals surface area contributed by atoms with Crippen molar-refractivity contribution in [2.75, 3.05) is 19.3 Å². The number of aromatic nitrogens is 2. The van der Waals surface area contributed by atoms with Crippen molar-refractivity contribution in [2.45, 2.75) is 43.0 Å². The molecule has 1 aromatic carbocycles. The van der Waals surface area contributed by atoms with Gasteiger partial charge >= 0.3 is 6.18 Å². The van der Waals surface area contributed by atoms with Gasteiger partial charge in [0.25, 0.3) is 0 Å². The third kappa shape index (κ3) is 3.57. The Bertz CT molecular complexity index is 1240. The van der Waals surface area contributed by atoms with Gasteiger partial charge in [0.15, 0.2) is 9.84 Å². The average molecular weight is 441 g/mol. The molecule has 1 saturated heterocycles. The number of benzene rings is 1. The lowest BCUT2D eigenvalue weighted by molar-refractivity contribution is -0.139. The minimum Gasteiger partial charge on any atom is -0.390 e. The molecule has 0 saturated carbocycles. The molecule has 0 amide bonds. The number of aliphatic hydroxyl groups is 1. The summed E-state index contributed by atoms with van der Waals surface area (Å²) in [6, 6.07) is 3.27. The normalized spacial score (nSPS) is 21.3. The van der Waals surface area contributed by atoms with E-state index in [1.54, 1.807) is 23.8 Å². The molecule has 0 radical (unpaired) electrons. The van der Waals surface area contributed by atoms with E-state index in [0.717, 1.165) is 30.4 Å². The van der Waals surface area contributed by atoms with E-state index in [9.17, 15) is 26.7 Å². The molecule has 2 N–H and O–H groups in total. The van der Waals surface area contributed by atoms with E-state index in [-0.39, 0.29) is 5.39 Å². The number of nitrogens with zero attached hydrogens (tertiary/aromatic N) is 2. The van der Waals surface area contributed by atoms with Gasteiger partial charge in [-0.2, -0.15) is 13.2 Å². The van der Waals surface area contributed by atoms with Gasteiger partial charge in [0, 0.05) is 29.8 Å². The third-order valence-electron chi connectivity index (χ3n) is 5.57. The van der Waals surface area contributed by atoms with Gasteiger partial charge in [-0.3, -0.25) is 0 Å². The number of halogens is 3. The quantitative estimate of drug-likeness (QED) is 0.638. The molecule has 4 rings (SSSR count). The second-order valence-electron chi connectivity index (χ2n) is 7.87. The fraction of sp³-hybridized carbons (Fsp3) is 0.450. The van der Waals surface area contributed by atoms with Crippen LogP contribution in [0.1, 0.15) is 30.0 Å². The summed E-state index contributed by atoms with van der Waals surface area (Å²) in [7, 11) is -4.15. The van der Waals surface area contributed by atoms with Crippen molar-refractivity contribution in [1.29, 1.82) is 0 Å². The summed E-state index contributed by atoms with van der Waals surface area (Å²) in [6.45, 7) is 2.83. The number of aryl methyl sites for hydroxylation is 1. The van der Waals surface area contributed by atoms with Crippen LogP contribution in [0.4, 0.5) is 13.2 Å². The lowest BCUT2D eigenvalue weighted by atomic mass is 10.1. The smallest absolute Gasteiger partial charge is 0.390 e. The van der Waals surface area contributed by atoms with E-state index < -0.39 is 38.6 Å². The van der Waals surface area contributed by atoms with Crippen molar-refractivity contribution in [2.24, 2.45) is 0 Å². The van der Waals surface area contributed by atoms with Crippen LogP contribution >= 0.6 is 0 Å². The maximum absolute atomic E-state index is 13.7. The Morgan fingerprint density at radius 2 is 1.97 bits per heavy atom. The molecular formula is C20H22F3N3O3S. The molecule has 3 heterocycles. The zero-order chi connectivity index (χ0) is 21.8. The van der Waals surface area contributed by atoms with Crippen LogP contribution < -0.4 is 5.32 Å². The number of aliphatic hydroxyl groups excluding tert-OH is 1. The SMILES string of the molecule is Cc1cnc2c(c1)c1cc(C(F)(F)F)c(S(C)(=O)=O)cc1n2[C@@H]1CCCNC[C@H]1O. The van der Waals surface area contributed by atoms with E-state index in [0.29, 0.717) is 36.1 Å². The van der Waals surface area contributed by atoms with E-state index in [4.69, 9.17) is 0 Å². The zero-order valence-electron chi connectivity index (χ0n) is 16.5. The van der Waals surface area contributed by atoms with Gasteiger partial charge in [-0.1, -0.05) is 0 Å². The van der Waals surface area contributed by atoms with Gasteiger partial charge in [-0.25, -0.2) is 13.4 Å². The van der Waals surface area contributed by atoms with Crippen molar-refractivity contribution in [3.05, 3.63) is 35.5 Å². The van der Waals surface area contributed by atoms with Crippen molar-refractivity contribution in [3.63, 3.8) is 0 Å². The molecule has 2 atom stereocenters. The number of rotatable bonds is 2. The molecule has 162 valence electrons. The van der Waals surface area contributed by atoms with Crippen LogP contribution in [0.2, 0.25) is 0 Å². The number of alkyl halides is 3. The number of sulfone groups is 1. The minimum atomic E-state index is -4.83. The van der Waals surface area contributed by atoms with Gasteiger partial charge in [0.1, 0.15) is 5.65 Å². The first-order chi connectivity index (χ1) is 14.0. The summed E-state index contributed by atoms with van der Waals surface area (Å²) >= 11 is 0. The number of β-amino-alcohol motifs (C(OH)–C–C–N with tert-alkyl or cyclic N) is 1. The highest BCUT2D eigenvalue weighted by atomic mass is 32.2. The summed E-state index contributed by atoms with van der Waals surface area (Å²) in [5.41, 5.74) is 0.328. The highest BCUT2D eigenvalue weighted by Crippen LogP contribution is 2.41. The van der Waals surface area contributed by atoms with E-state index in [2.05, 4.69) is 10.3 Å². The molecule has 0 aliphatic carbocycles. The van der Waals surface area contributed by atoms with Crippen LogP contribution in [0, 0.1) is 6.92 Å². The Morgan fingerprint density at radius 1 is 1.23 bits per heavy atom. The summed E-state index contributed by atoms with van der Waals surface area (Å²) in [5.74, 6) is 0. The van der Waals surface area contributed by atoms with Crippen LogP contribution in [-0.4, -0.2) is 48.5 Å². The molecular weight excluding hydrogens is 419 g/mol. The predicted molar refractivity (Wildman–Crippen MR) is 107 cm³/mol. The van der Waals surface area contributed by atoms with Gasteiger partial charge in [0.05, 0.1) is 28.1 Å². The average Bonchev–Trinajstić information content (AvgIpc) is 2.78. The number of hydrogen-bond acceptors (Lipinski definition) is 5. The molecule has 2 aromatic heterocycles. The Balaban J connectivity index is 2.15. The second kappa shape index (κ2) is 7.21. The first kappa shape index (κ1) is 21.1. The Kier molecular flexibility index (Phi) is 5.06. The molecule has 1 aliphatic heterocycles. The summed E-state index contributed by atoms with van der Waals surface area (Å²) in [4.78, 5) is 3.67. The number of hydrogen-bond donors (Lipinski definition) is 2. The van der Waals surface area contributed by atoms with E-state index in [1.165, 1.54) is 0 Å². The minimum absolute atomic E-state index is 0.269. The number of fused-ring (bicyclic) bond motifs is 3. The van der Waals surface area contributed by atoms with Crippen LogP contribution in [0.15, 0.2) is 29.3 Å². The molecule has 0 spiro atoms. The lowest BCUT2D eigenvalue weighted by Gasteiger charge is -2.24. The Hall–Kier alpha value is -2.17. The second-order valence-corrected chi connectivity index (χ2v) is 9.85. The van der Waals surface area contributed by atoms with Crippen molar-refractivity contribution >= 4 is 31.8 Å². The standard InChI is InChI=1S/C20H22F3N3O3S/c1-11-6-13-12-7-14(20(21,22)23)18(30(2,28)29)8-16(12)26(19(13)25-9-11)15-4-3-5-24-10-17(15)27/h6-9,15,17,24,27H,3-5,10H2,1-2H3/t15-,17-/m1/s1. The van der Waals surface area contributed by atoms with Crippen LogP contribution in [0.3, 0.4) is 0 Å². The monoisotopic (exact) mass is 441 g/mol. The van der Waals surface area contributed by atoms with Crippen molar-refractivity contribution in [3.8, 4) is 0 Å². The van der Waals surface area contributed by atoms with Crippen LogP contribution in [0.25, 0.3) is 21.9 Å². The lowest BCUT2D eigenvalue weighted by Crippen LogP contribution is -2.31. The fourth-order valence-corrected chi connectivity index (χ4v) is 5.13. The summed E-state index contributed by atoms with van der Waals surface area (Å²) in [5, 5.41) is 14.6. The summed E-state index contributed by atoms with van der Waals surface area (Å²) < 4.78 is 67.4. The molecule has 10 heteroatoms. The maximum atomic E-state index is 13.7.